The number of fused-ring (bicyclic) bond motifs is 1. The lowest BCUT2D eigenvalue weighted by atomic mass is 10.0. The van der Waals surface area contributed by atoms with E-state index >= 15 is 0 Å². The van der Waals surface area contributed by atoms with Gasteiger partial charge in [0.2, 0.25) is 0 Å². The Morgan fingerprint density at radius 2 is 2.17 bits per heavy atom. The summed E-state index contributed by atoms with van der Waals surface area (Å²) >= 11 is 0. The fraction of sp³-hybridized carbons (Fsp3) is 0.357. The summed E-state index contributed by atoms with van der Waals surface area (Å²) < 4.78 is 0. The van der Waals surface area contributed by atoms with Crippen LogP contribution in [0.25, 0.3) is 10.9 Å². The van der Waals surface area contributed by atoms with Gasteiger partial charge in [-0.25, -0.2) is 0 Å². The molecule has 4 nitrogen and oxygen atoms in total. The molecule has 1 aromatic heterocycles. The second kappa shape index (κ2) is 5.23. The van der Waals surface area contributed by atoms with Crippen molar-refractivity contribution in [2.24, 2.45) is 5.92 Å². The number of hydrogen-bond acceptors (Lipinski definition) is 2. The van der Waals surface area contributed by atoms with Crippen molar-refractivity contribution in [2.75, 3.05) is 0 Å². The molecule has 0 radical (unpaired) electrons. The zero-order chi connectivity index (χ0) is 13.1. The van der Waals surface area contributed by atoms with E-state index in [0.29, 0.717) is 6.54 Å². The normalized spacial score (nSPS) is 13.1. The monoisotopic (exact) mass is 246 g/mol. The number of hydrogen-bond donors (Lipinski definition) is 3. The van der Waals surface area contributed by atoms with Crippen LogP contribution in [0.2, 0.25) is 0 Å². The highest BCUT2D eigenvalue weighted by atomic mass is 16.4. The highest BCUT2D eigenvalue weighted by Crippen LogP contribution is 2.17. The SMILES string of the molecule is CC(C)C(NCc1cccc2cc[nH]c12)C(=O)O. The van der Waals surface area contributed by atoms with E-state index in [1.165, 1.54) is 0 Å². The number of aliphatic carboxylic acids is 1. The van der Waals surface area contributed by atoms with Crippen molar-refractivity contribution in [3.8, 4) is 0 Å². The Bertz CT molecular complexity index is 545. The van der Waals surface area contributed by atoms with Gasteiger partial charge in [0.15, 0.2) is 0 Å². The quantitative estimate of drug-likeness (QED) is 0.758. The maximum absolute atomic E-state index is 11.1. The van der Waals surface area contributed by atoms with E-state index in [9.17, 15) is 4.79 Å². The van der Waals surface area contributed by atoms with Crippen LogP contribution in [0, 0.1) is 5.92 Å². The number of aromatic amines is 1. The number of para-hydroxylation sites is 1. The molecule has 18 heavy (non-hydrogen) atoms. The van der Waals surface area contributed by atoms with E-state index in [-0.39, 0.29) is 5.92 Å². The van der Waals surface area contributed by atoms with Crippen LogP contribution in [0.5, 0.6) is 0 Å². The number of carboxylic acids is 1. The molecule has 2 aromatic rings. The maximum Gasteiger partial charge on any atom is 0.320 e. The van der Waals surface area contributed by atoms with Gasteiger partial charge < -0.3 is 15.4 Å². The first-order valence-corrected chi connectivity index (χ1v) is 6.10. The summed E-state index contributed by atoms with van der Waals surface area (Å²) in [7, 11) is 0. The van der Waals surface area contributed by atoms with Gasteiger partial charge in [-0.2, -0.15) is 0 Å². The van der Waals surface area contributed by atoms with Gasteiger partial charge in [0.25, 0.3) is 0 Å². The van der Waals surface area contributed by atoms with Gasteiger partial charge in [-0.15, -0.1) is 0 Å². The molecule has 0 fully saturated rings. The average Bonchev–Trinajstić information content (AvgIpc) is 2.77. The van der Waals surface area contributed by atoms with E-state index in [4.69, 9.17) is 5.11 Å². The molecule has 0 bridgehead atoms. The third kappa shape index (κ3) is 2.54. The second-order valence-corrected chi connectivity index (χ2v) is 4.80. The molecule has 3 N–H and O–H groups in total. The van der Waals surface area contributed by atoms with E-state index in [1.807, 2.05) is 44.3 Å². The Kier molecular flexibility index (Phi) is 3.67. The van der Waals surface area contributed by atoms with Crippen LogP contribution in [0.3, 0.4) is 0 Å². The number of carboxylic acid groups (broad SMARTS) is 1. The van der Waals surface area contributed by atoms with Gasteiger partial charge in [0, 0.05) is 18.3 Å². The minimum atomic E-state index is -0.802. The van der Waals surface area contributed by atoms with Gasteiger partial charge >= 0.3 is 5.97 Å². The average molecular weight is 246 g/mol. The Morgan fingerprint density at radius 1 is 1.39 bits per heavy atom. The number of carbonyl (C=O) groups is 1. The molecular formula is C14H18N2O2. The Labute approximate surface area is 106 Å². The van der Waals surface area contributed by atoms with E-state index in [0.717, 1.165) is 16.5 Å². The zero-order valence-corrected chi connectivity index (χ0v) is 10.6. The van der Waals surface area contributed by atoms with Crippen molar-refractivity contribution in [1.29, 1.82) is 0 Å². The second-order valence-electron chi connectivity index (χ2n) is 4.80. The highest BCUT2D eigenvalue weighted by Gasteiger charge is 2.20. The summed E-state index contributed by atoms with van der Waals surface area (Å²) in [5, 5.41) is 13.4. The van der Waals surface area contributed by atoms with Crippen molar-refractivity contribution in [3.63, 3.8) is 0 Å². The number of rotatable bonds is 5. The molecule has 0 aliphatic heterocycles. The van der Waals surface area contributed by atoms with Crippen molar-refractivity contribution < 1.29 is 9.90 Å². The molecule has 0 aliphatic carbocycles. The molecule has 0 saturated heterocycles. The van der Waals surface area contributed by atoms with Crippen LogP contribution in [0.1, 0.15) is 19.4 Å². The van der Waals surface area contributed by atoms with Gasteiger partial charge in [0.05, 0.1) is 0 Å². The molecule has 1 aromatic carbocycles. The van der Waals surface area contributed by atoms with Crippen LogP contribution in [0.15, 0.2) is 30.5 Å². The number of benzene rings is 1. The highest BCUT2D eigenvalue weighted by molar-refractivity contribution is 5.82. The fourth-order valence-corrected chi connectivity index (χ4v) is 2.13. The van der Waals surface area contributed by atoms with Crippen LogP contribution in [-0.4, -0.2) is 22.1 Å². The van der Waals surface area contributed by atoms with Crippen LogP contribution < -0.4 is 5.32 Å². The summed E-state index contributed by atoms with van der Waals surface area (Å²) in [5.41, 5.74) is 2.15. The molecule has 0 aliphatic rings. The van der Waals surface area contributed by atoms with Crippen LogP contribution >= 0.6 is 0 Å². The van der Waals surface area contributed by atoms with Gasteiger partial charge in [-0.1, -0.05) is 32.0 Å². The standard InChI is InChI=1S/C14H18N2O2/c1-9(2)12(14(17)18)16-8-11-5-3-4-10-6-7-15-13(10)11/h3-7,9,12,15-16H,8H2,1-2H3,(H,17,18). The summed E-state index contributed by atoms with van der Waals surface area (Å²) in [5.74, 6) is -0.742. The summed E-state index contributed by atoms with van der Waals surface area (Å²) in [6, 6.07) is 7.52. The molecule has 4 heteroatoms. The molecule has 1 atom stereocenters. The third-order valence-corrected chi connectivity index (χ3v) is 3.12. The molecule has 1 heterocycles. The Balaban J connectivity index is 2.14. The van der Waals surface area contributed by atoms with E-state index in [2.05, 4.69) is 10.3 Å². The number of nitrogens with one attached hydrogen (secondary N) is 2. The summed E-state index contributed by atoms with van der Waals surface area (Å²) in [6.07, 6.45) is 1.89. The molecule has 0 amide bonds. The largest absolute Gasteiger partial charge is 0.480 e. The molecule has 0 spiro atoms. The van der Waals surface area contributed by atoms with Crippen molar-refractivity contribution >= 4 is 16.9 Å². The third-order valence-electron chi connectivity index (χ3n) is 3.12. The smallest absolute Gasteiger partial charge is 0.320 e. The Morgan fingerprint density at radius 3 is 2.83 bits per heavy atom. The predicted octanol–water partition coefficient (Wildman–Crippen LogP) is 2.37. The first kappa shape index (κ1) is 12.6. The Hall–Kier alpha value is -1.81. The van der Waals surface area contributed by atoms with Crippen LogP contribution in [0.4, 0.5) is 0 Å². The van der Waals surface area contributed by atoms with Crippen molar-refractivity contribution in [3.05, 3.63) is 36.0 Å². The van der Waals surface area contributed by atoms with Crippen molar-refractivity contribution in [2.45, 2.75) is 26.4 Å². The number of aromatic nitrogens is 1. The minimum Gasteiger partial charge on any atom is -0.480 e. The topological polar surface area (TPSA) is 65.1 Å². The van der Waals surface area contributed by atoms with Crippen molar-refractivity contribution in [1.82, 2.24) is 10.3 Å². The molecule has 96 valence electrons. The zero-order valence-electron chi connectivity index (χ0n) is 10.6. The fourth-order valence-electron chi connectivity index (χ4n) is 2.13. The molecule has 2 rings (SSSR count). The molecule has 0 saturated carbocycles. The van der Waals surface area contributed by atoms with Gasteiger partial charge in [-0.3, -0.25) is 4.79 Å². The first-order chi connectivity index (χ1) is 8.59. The lowest BCUT2D eigenvalue weighted by Gasteiger charge is -2.18. The van der Waals surface area contributed by atoms with Gasteiger partial charge in [-0.05, 0) is 22.9 Å². The van der Waals surface area contributed by atoms with E-state index in [1.54, 1.807) is 0 Å². The van der Waals surface area contributed by atoms with Crippen LogP contribution in [-0.2, 0) is 11.3 Å². The lowest BCUT2D eigenvalue weighted by Crippen LogP contribution is -2.40. The van der Waals surface area contributed by atoms with E-state index < -0.39 is 12.0 Å². The summed E-state index contributed by atoms with van der Waals surface area (Å²) in [6.45, 7) is 4.36. The predicted molar refractivity (Wildman–Crippen MR) is 71.4 cm³/mol. The lowest BCUT2D eigenvalue weighted by molar-refractivity contribution is -0.140. The molecule has 1 unspecified atom stereocenters. The number of H-pyrrole nitrogens is 1. The first-order valence-electron chi connectivity index (χ1n) is 6.10. The molecular weight excluding hydrogens is 228 g/mol. The minimum absolute atomic E-state index is 0.0605. The summed E-state index contributed by atoms with van der Waals surface area (Å²) in [4.78, 5) is 14.3. The maximum atomic E-state index is 11.1. The van der Waals surface area contributed by atoms with Gasteiger partial charge in [0.1, 0.15) is 6.04 Å².